The van der Waals surface area contributed by atoms with Gasteiger partial charge in [0.2, 0.25) is 0 Å². The summed E-state index contributed by atoms with van der Waals surface area (Å²) in [6, 6.07) is 9.47. The Balaban J connectivity index is 2.40. The summed E-state index contributed by atoms with van der Waals surface area (Å²) in [5.74, 6) is 0.798. The van der Waals surface area contributed by atoms with Gasteiger partial charge in [0.05, 0.1) is 12.8 Å². The number of aromatic nitrogens is 2. The van der Waals surface area contributed by atoms with Gasteiger partial charge in [-0.2, -0.15) is 5.10 Å². The van der Waals surface area contributed by atoms with Gasteiger partial charge in [-0.15, -0.1) is 0 Å². The van der Waals surface area contributed by atoms with E-state index in [-0.39, 0.29) is 5.56 Å². The maximum atomic E-state index is 12.0. The van der Waals surface area contributed by atoms with Crippen LogP contribution in [0.4, 0.5) is 0 Å². The number of nitrogens with zero attached hydrogens (tertiary/aromatic N) is 2. The highest BCUT2D eigenvalue weighted by atomic mass is 16.5. The molecule has 5 nitrogen and oxygen atoms in total. The zero-order valence-corrected chi connectivity index (χ0v) is 12.0. The Bertz CT molecular complexity index is 633. The lowest BCUT2D eigenvalue weighted by Gasteiger charge is -2.08. The van der Waals surface area contributed by atoms with Gasteiger partial charge in [-0.05, 0) is 36.9 Å². The molecule has 0 unspecified atom stereocenters. The van der Waals surface area contributed by atoms with Gasteiger partial charge in [0.25, 0.3) is 5.56 Å². The molecule has 0 aliphatic heterocycles. The van der Waals surface area contributed by atoms with Crippen molar-refractivity contribution in [3.8, 4) is 17.0 Å². The first kappa shape index (κ1) is 14.3. The van der Waals surface area contributed by atoms with Gasteiger partial charge >= 0.3 is 0 Å². The third kappa shape index (κ3) is 3.05. The summed E-state index contributed by atoms with van der Waals surface area (Å²) in [5, 5.41) is 7.47. The molecule has 0 saturated carbocycles. The number of benzene rings is 1. The van der Waals surface area contributed by atoms with E-state index in [2.05, 4.69) is 10.4 Å². The molecule has 2 rings (SSSR count). The SMILES string of the molecule is CCNCc1cc(-c2ccc(OC)cc2)nn(C)c1=O. The highest BCUT2D eigenvalue weighted by Crippen LogP contribution is 2.20. The Kier molecular flexibility index (Phi) is 4.53. The number of aryl methyl sites for hydroxylation is 1. The fraction of sp³-hybridized carbons (Fsp3) is 0.333. The van der Waals surface area contributed by atoms with E-state index in [1.54, 1.807) is 14.2 Å². The second kappa shape index (κ2) is 6.34. The third-order valence-electron chi connectivity index (χ3n) is 3.09. The largest absolute Gasteiger partial charge is 0.497 e. The second-order valence-electron chi connectivity index (χ2n) is 4.49. The van der Waals surface area contributed by atoms with Crippen LogP contribution in [0.1, 0.15) is 12.5 Å². The molecule has 0 bridgehead atoms. The van der Waals surface area contributed by atoms with Crippen LogP contribution in [-0.2, 0) is 13.6 Å². The molecule has 0 saturated heterocycles. The molecule has 1 heterocycles. The molecule has 2 aromatic rings. The Morgan fingerprint density at radius 3 is 2.60 bits per heavy atom. The molecule has 0 aliphatic carbocycles. The fourth-order valence-corrected chi connectivity index (χ4v) is 1.96. The Hall–Kier alpha value is -2.14. The molecule has 1 aromatic carbocycles. The van der Waals surface area contributed by atoms with E-state index < -0.39 is 0 Å². The van der Waals surface area contributed by atoms with Gasteiger partial charge in [0.15, 0.2) is 0 Å². The number of methoxy groups -OCH3 is 1. The average molecular weight is 273 g/mol. The minimum absolute atomic E-state index is 0.0665. The number of hydrogen-bond donors (Lipinski definition) is 1. The number of nitrogens with one attached hydrogen (secondary N) is 1. The van der Waals surface area contributed by atoms with Gasteiger partial charge in [-0.1, -0.05) is 6.92 Å². The molecule has 0 radical (unpaired) electrons. The summed E-state index contributed by atoms with van der Waals surface area (Å²) in [5.41, 5.74) is 2.39. The standard InChI is InChI=1S/C15H19N3O2/c1-4-16-10-12-9-14(17-18(2)15(12)19)11-5-7-13(20-3)8-6-11/h5-9,16H,4,10H2,1-3H3. The second-order valence-corrected chi connectivity index (χ2v) is 4.49. The van der Waals surface area contributed by atoms with Gasteiger partial charge in [0.1, 0.15) is 5.75 Å². The molecule has 1 aromatic heterocycles. The summed E-state index contributed by atoms with van der Waals surface area (Å²) >= 11 is 0. The van der Waals surface area contributed by atoms with E-state index in [9.17, 15) is 4.79 Å². The zero-order chi connectivity index (χ0) is 14.5. The summed E-state index contributed by atoms with van der Waals surface area (Å²) < 4.78 is 6.52. The van der Waals surface area contributed by atoms with Crippen LogP contribution in [0.5, 0.6) is 5.75 Å². The lowest BCUT2D eigenvalue weighted by Crippen LogP contribution is -2.27. The Morgan fingerprint density at radius 1 is 1.30 bits per heavy atom. The van der Waals surface area contributed by atoms with Crippen molar-refractivity contribution in [2.75, 3.05) is 13.7 Å². The normalized spacial score (nSPS) is 10.6. The van der Waals surface area contributed by atoms with Crippen LogP contribution in [0.15, 0.2) is 35.1 Å². The molecule has 0 amide bonds. The minimum atomic E-state index is -0.0665. The van der Waals surface area contributed by atoms with Crippen LogP contribution >= 0.6 is 0 Å². The van der Waals surface area contributed by atoms with Gasteiger partial charge in [-0.3, -0.25) is 4.79 Å². The van der Waals surface area contributed by atoms with E-state index in [0.717, 1.165) is 29.1 Å². The number of ether oxygens (including phenoxy) is 1. The van der Waals surface area contributed by atoms with E-state index in [4.69, 9.17) is 4.74 Å². The number of hydrogen-bond acceptors (Lipinski definition) is 4. The molecule has 0 atom stereocenters. The molecule has 0 fully saturated rings. The zero-order valence-electron chi connectivity index (χ0n) is 12.0. The maximum Gasteiger partial charge on any atom is 0.271 e. The quantitative estimate of drug-likeness (QED) is 0.898. The van der Waals surface area contributed by atoms with Crippen LogP contribution in [0, 0.1) is 0 Å². The van der Waals surface area contributed by atoms with Gasteiger partial charge in [-0.25, -0.2) is 4.68 Å². The van der Waals surface area contributed by atoms with E-state index in [1.807, 2.05) is 37.3 Å². The summed E-state index contributed by atoms with van der Waals surface area (Å²) in [7, 11) is 3.30. The van der Waals surface area contributed by atoms with Crippen LogP contribution in [0.3, 0.4) is 0 Å². The van der Waals surface area contributed by atoms with Crippen LogP contribution in [-0.4, -0.2) is 23.4 Å². The van der Waals surface area contributed by atoms with Crippen molar-refractivity contribution in [2.45, 2.75) is 13.5 Å². The summed E-state index contributed by atoms with van der Waals surface area (Å²) in [4.78, 5) is 12.0. The van der Waals surface area contributed by atoms with Crippen LogP contribution < -0.4 is 15.6 Å². The molecular weight excluding hydrogens is 254 g/mol. The first-order valence-corrected chi connectivity index (χ1v) is 6.58. The van der Waals surface area contributed by atoms with Crippen LogP contribution in [0.25, 0.3) is 11.3 Å². The van der Waals surface area contributed by atoms with E-state index in [1.165, 1.54) is 4.68 Å². The number of rotatable bonds is 5. The average Bonchev–Trinajstić information content (AvgIpc) is 2.48. The molecule has 20 heavy (non-hydrogen) atoms. The van der Waals surface area contributed by atoms with Crippen molar-refractivity contribution >= 4 is 0 Å². The maximum absolute atomic E-state index is 12.0. The molecule has 106 valence electrons. The Morgan fingerprint density at radius 2 is 2.00 bits per heavy atom. The monoisotopic (exact) mass is 273 g/mol. The third-order valence-corrected chi connectivity index (χ3v) is 3.09. The lowest BCUT2D eigenvalue weighted by atomic mass is 10.1. The van der Waals surface area contributed by atoms with Crippen molar-refractivity contribution < 1.29 is 4.74 Å². The molecular formula is C15H19N3O2. The van der Waals surface area contributed by atoms with E-state index in [0.29, 0.717) is 6.54 Å². The topological polar surface area (TPSA) is 56.1 Å². The predicted octanol–water partition coefficient (Wildman–Crippen LogP) is 1.57. The van der Waals surface area contributed by atoms with Crippen molar-refractivity contribution in [3.05, 3.63) is 46.2 Å². The molecule has 0 spiro atoms. The van der Waals surface area contributed by atoms with Crippen LogP contribution in [0.2, 0.25) is 0 Å². The summed E-state index contributed by atoms with van der Waals surface area (Å²) in [6.07, 6.45) is 0. The van der Waals surface area contributed by atoms with Crippen molar-refractivity contribution in [1.29, 1.82) is 0 Å². The lowest BCUT2D eigenvalue weighted by molar-refractivity contribution is 0.415. The molecule has 0 aliphatic rings. The summed E-state index contributed by atoms with van der Waals surface area (Å²) in [6.45, 7) is 3.38. The fourth-order valence-electron chi connectivity index (χ4n) is 1.96. The Labute approximate surface area is 118 Å². The highest BCUT2D eigenvalue weighted by molar-refractivity contribution is 5.60. The minimum Gasteiger partial charge on any atom is -0.497 e. The van der Waals surface area contributed by atoms with Gasteiger partial charge in [0, 0.05) is 24.7 Å². The van der Waals surface area contributed by atoms with Crippen molar-refractivity contribution in [1.82, 2.24) is 15.1 Å². The first-order chi connectivity index (χ1) is 9.65. The van der Waals surface area contributed by atoms with Crippen molar-refractivity contribution in [3.63, 3.8) is 0 Å². The van der Waals surface area contributed by atoms with Gasteiger partial charge < -0.3 is 10.1 Å². The molecule has 5 heteroatoms. The first-order valence-electron chi connectivity index (χ1n) is 6.58. The predicted molar refractivity (Wildman–Crippen MR) is 78.8 cm³/mol. The molecule has 1 N–H and O–H groups in total. The van der Waals surface area contributed by atoms with Crippen molar-refractivity contribution in [2.24, 2.45) is 7.05 Å². The highest BCUT2D eigenvalue weighted by Gasteiger charge is 2.07. The van der Waals surface area contributed by atoms with E-state index >= 15 is 0 Å². The smallest absolute Gasteiger partial charge is 0.271 e.